The fourth-order valence-electron chi connectivity index (χ4n) is 7.57. The van der Waals surface area contributed by atoms with Gasteiger partial charge in [0, 0.05) is 62.5 Å². The average molecular weight is 569 g/mol. The molecule has 6 aliphatic heterocycles. The Bertz CT molecular complexity index is 1500. The van der Waals surface area contributed by atoms with Crippen LogP contribution in [-0.4, -0.2) is 100 Å². The van der Waals surface area contributed by atoms with Crippen molar-refractivity contribution >= 4 is 17.4 Å². The summed E-state index contributed by atoms with van der Waals surface area (Å²) in [5.74, 6) is 1.62. The molecular weight excluding hydrogens is 532 g/mol. The van der Waals surface area contributed by atoms with Gasteiger partial charge in [0.1, 0.15) is 24.2 Å². The van der Waals surface area contributed by atoms with Crippen molar-refractivity contribution in [3.63, 3.8) is 0 Å². The second kappa shape index (κ2) is 10.4. The third-order valence-electron chi connectivity index (χ3n) is 9.71. The number of anilines is 1. The molecule has 1 aliphatic carbocycles. The minimum Gasteiger partial charge on any atom is -0.491 e. The van der Waals surface area contributed by atoms with Gasteiger partial charge in [-0.1, -0.05) is 12.8 Å². The van der Waals surface area contributed by atoms with Gasteiger partial charge in [-0.05, 0) is 37.5 Å². The summed E-state index contributed by atoms with van der Waals surface area (Å²) in [5.41, 5.74) is 3.03. The van der Waals surface area contributed by atoms with Crippen LogP contribution in [0.5, 0.6) is 5.75 Å². The quantitative estimate of drug-likeness (QED) is 0.463. The first-order valence-corrected chi connectivity index (χ1v) is 15.3. The van der Waals surface area contributed by atoms with Crippen molar-refractivity contribution in [2.75, 3.05) is 44.2 Å². The van der Waals surface area contributed by atoms with E-state index in [1.807, 2.05) is 24.5 Å². The van der Waals surface area contributed by atoms with E-state index in [1.54, 1.807) is 10.7 Å². The minimum atomic E-state index is 0.105. The van der Waals surface area contributed by atoms with Crippen LogP contribution in [0, 0.1) is 11.3 Å². The average Bonchev–Trinajstić information content (AvgIpc) is 3.66. The molecule has 4 unspecified atom stereocenters. The molecular formula is C31H36N8O3. The summed E-state index contributed by atoms with van der Waals surface area (Å²) in [6.45, 7) is 4.94. The van der Waals surface area contributed by atoms with E-state index in [-0.39, 0.29) is 18.1 Å². The van der Waals surface area contributed by atoms with Gasteiger partial charge in [0.25, 0.3) is 0 Å². The number of nitriles is 1. The number of pyridine rings is 2. The Morgan fingerprint density at radius 2 is 1.88 bits per heavy atom. The normalized spacial score (nSPS) is 26.9. The van der Waals surface area contributed by atoms with Crippen LogP contribution in [0.2, 0.25) is 0 Å². The Morgan fingerprint density at radius 1 is 1.10 bits per heavy atom. The molecule has 11 nitrogen and oxygen atoms in total. The fourth-order valence-corrected chi connectivity index (χ4v) is 7.57. The molecule has 4 atom stereocenters. The van der Waals surface area contributed by atoms with Crippen LogP contribution in [0.3, 0.4) is 0 Å². The Kier molecular flexibility index (Phi) is 6.41. The van der Waals surface area contributed by atoms with Gasteiger partial charge in [0.15, 0.2) is 0 Å². The lowest BCUT2D eigenvalue weighted by Gasteiger charge is -2.56. The van der Waals surface area contributed by atoms with Gasteiger partial charge in [0.05, 0.1) is 47.8 Å². The number of nitrogens with zero attached hydrogens (tertiary/aromatic N) is 7. The number of ether oxygens (including phenoxy) is 2. The molecule has 6 saturated heterocycles. The molecule has 1 saturated carbocycles. The van der Waals surface area contributed by atoms with Gasteiger partial charge >= 0.3 is 6.03 Å². The molecule has 0 spiro atoms. The molecule has 2 amide bonds. The maximum Gasteiger partial charge on any atom is 0.318 e. The number of carbonyl (C=O) groups is 1. The number of piperazine rings is 1. The Morgan fingerprint density at radius 3 is 2.60 bits per heavy atom. The van der Waals surface area contributed by atoms with E-state index in [0.717, 1.165) is 74.4 Å². The van der Waals surface area contributed by atoms with E-state index in [4.69, 9.17) is 14.5 Å². The first-order valence-electron chi connectivity index (χ1n) is 15.3. The van der Waals surface area contributed by atoms with Crippen LogP contribution in [0.4, 0.5) is 10.6 Å². The van der Waals surface area contributed by atoms with Crippen molar-refractivity contribution in [1.82, 2.24) is 29.7 Å². The summed E-state index contributed by atoms with van der Waals surface area (Å²) in [7, 11) is 0. The lowest BCUT2D eigenvalue weighted by molar-refractivity contribution is -0.181. The number of hydrogen-bond donors (Lipinski definition) is 1. The van der Waals surface area contributed by atoms with Crippen molar-refractivity contribution in [1.29, 1.82) is 5.26 Å². The van der Waals surface area contributed by atoms with E-state index in [9.17, 15) is 10.1 Å². The molecule has 0 aromatic carbocycles. The lowest BCUT2D eigenvalue weighted by Crippen LogP contribution is -2.72. The highest BCUT2D eigenvalue weighted by atomic mass is 16.5. The first-order chi connectivity index (χ1) is 20.6. The predicted molar refractivity (Wildman–Crippen MR) is 155 cm³/mol. The van der Waals surface area contributed by atoms with Crippen LogP contribution in [-0.2, 0) is 4.74 Å². The molecule has 11 heteroatoms. The number of amides is 2. The van der Waals surface area contributed by atoms with Crippen LogP contribution in [0.1, 0.15) is 44.1 Å². The summed E-state index contributed by atoms with van der Waals surface area (Å²) < 4.78 is 13.7. The van der Waals surface area contributed by atoms with Crippen molar-refractivity contribution in [3.8, 4) is 22.9 Å². The molecule has 7 aliphatic rings. The predicted octanol–water partition coefficient (Wildman–Crippen LogP) is 3.03. The molecule has 218 valence electrons. The standard InChI is InChI=1S/C31H36N8O3/c32-12-21-14-34-38-19-25(41-8-7-36-17-26-10-27(18-36)42-26)11-28(30(21)38)20-5-6-29(33-13-20)37-15-23-9-24(16-37)39(23)31(40)35-22-3-1-2-4-22/h5-6,11,13-14,19,22-24,26-27H,1-4,7-10,15-18H2,(H,35,40). The molecule has 9 heterocycles. The smallest absolute Gasteiger partial charge is 0.318 e. The van der Waals surface area contributed by atoms with Crippen LogP contribution < -0.4 is 15.0 Å². The summed E-state index contributed by atoms with van der Waals surface area (Å²) in [6, 6.07) is 9.26. The molecule has 42 heavy (non-hydrogen) atoms. The first kappa shape index (κ1) is 25.8. The monoisotopic (exact) mass is 568 g/mol. The highest BCUT2D eigenvalue weighted by Gasteiger charge is 2.48. The summed E-state index contributed by atoms with van der Waals surface area (Å²) in [4.78, 5) is 24.5. The van der Waals surface area contributed by atoms with Crippen LogP contribution in [0.25, 0.3) is 16.6 Å². The number of carbonyl (C=O) groups excluding carboxylic acids is 1. The maximum absolute atomic E-state index is 12.9. The number of nitrogens with one attached hydrogen (secondary N) is 1. The second-order valence-corrected chi connectivity index (χ2v) is 12.5. The number of rotatable bonds is 7. The zero-order chi connectivity index (χ0) is 28.2. The Hall–Kier alpha value is -3.88. The SMILES string of the molecule is N#Cc1cnn2cc(OCCN3CC4CC(C3)O4)cc(-c3ccc(N4CC5CC(C4)N5C(=O)NC4CCCC4)nc3)c12. The third-order valence-corrected chi connectivity index (χ3v) is 9.71. The fraction of sp³-hybridized carbons (Fsp3) is 0.548. The Labute approximate surface area is 245 Å². The molecule has 3 aromatic heterocycles. The molecule has 10 rings (SSSR count). The molecule has 3 aromatic rings. The van der Waals surface area contributed by atoms with Gasteiger partial charge in [0.2, 0.25) is 0 Å². The summed E-state index contributed by atoms with van der Waals surface area (Å²) >= 11 is 0. The van der Waals surface area contributed by atoms with Crippen molar-refractivity contribution in [2.45, 2.75) is 68.9 Å². The lowest BCUT2D eigenvalue weighted by atomic mass is 9.87. The van der Waals surface area contributed by atoms with Gasteiger partial charge in [-0.15, -0.1) is 0 Å². The Balaban J connectivity index is 0.960. The van der Waals surface area contributed by atoms with E-state index < -0.39 is 0 Å². The topological polar surface area (TPSA) is 111 Å². The molecule has 7 fully saturated rings. The number of morpholine rings is 1. The van der Waals surface area contributed by atoms with E-state index in [0.29, 0.717) is 36.2 Å². The van der Waals surface area contributed by atoms with E-state index in [2.05, 4.69) is 37.3 Å². The maximum atomic E-state index is 12.9. The number of piperidine rings is 2. The van der Waals surface area contributed by atoms with Crippen molar-refractivity contribution in [3.05, 3.63) is 42.4 Å². The molecule has 4 bridgehead atoms. The van der Waals surface area contributed by atoms with Gasteiger partial charge in [-0.25, -0.2) is 14.3 Å². The highest BCUT2D eigenvalue weighted by Crippen LogP contribution is 2.36. The molecule has 1 N–H and O–H groups in total. The number of hydrogen-bond acceptors (Lipinski definition) is 8. The van der Waals surface area contributed by atoms with Crippen LogP contribution >= 0.6 is 0 Å². The van der Waals surface area contributed by atoms with Gasteiger partial charge < -0.3 is 24.6 Å². The van der Waals surface area contributed by atoms with Gasteiger partial charge in [-0.2, -0.15) is 10.4 Å². The highest BCUT2D eigenvalue weighted by molar-refractivity contribution is 5.85. The summed E-state index contributed by atoms with van der Waals surface area (Å²) in [5, 5.41) is 17.4. The van der Waals surface area contributed by atoms with E-state index in [1.165, 1.54) is 19.3 Å². The largest absolute Gasteiger partial charge is 0.491 e. The number of fused-ring (bicyclic) bond motifs is 5. The van der Waals surface area contributed by atoms with Crippen molar-refractivity contribution in [2.24, 2.45) is 0 Å². The number of aromatic nitrogens is 3. The second-order valence-electron chi connectivity index (χ2n) is 12.5. The van der Waals surface area contributed by atoms with E-state index >= 15 is 0 Å². The molecule has 0 radical (unpaired) electrons. The van der Waals surface area contributed by atoms with Crippen molar-refractivity contribution < 1.29 is 14.3 Å². The zero-order valence-corrected chi connectivity index (χ0v) is 23.7. The summed E-state index contributed by atoms with van der Waals surface area (Å²) in [6.07, 6.45) is 12.9. The van der Waals surface area contributed by atoms with Crippen LogP contribution in [0.15, 0.2) is 36.8 Å². The zero-order valence-electron chi connectivity index (χ0n) is 23.7. The van der Waals surface area contributed by atoms with Gasteiger partial charge in [-0.3, -0.25) is 4.90 Å². The minimum absolute atomic E-state index is 0.105. The number of urea groups is 1. The third kappa shape index (κ3) is 4.63.